The Labute approximate surface area is 159 Å². The first-order valence-electron chi connectivity index (χ1n) is 9.55. The molecule has 2 fully saturated rings. The van der Waals surface area contributed by atoms with Crippen LogP contribution >= 0.6 is 0 Å². The highest BCUT2D eigenvalue weighted by Gasteiger charge is 2.43. The number of hydrogen-bond donors (Lipinski definition) is 1. The monoisotopic (exact) mass is 364 g/mol. The van der Waals surface area contributed by atoms with E-state index in [1.807, 2.05) is 6.07 Å². The number of carbonyl (C=O) groups is 2. The Morgan fingerprint density at radius 1 is 0.926 bits per heavy atom. The van der Waals surface area contributed by atoms with Crippen LogP contribution in [0, 0.1) is 5.92 Å². The fraction of sp³-hybridized carbons (Fsp3) is 0.364. The number of phenolic OH excluding ortho intramolecular Hbond substituents is 1. The van der Waals surface area contributed by atoms with Crippen molar-refractivity contribution >= 4 is 17.5 Å². The van der Waals surface area contributed by atoms with Gasteiger partial charge in [0.05, 0.1) is 18.2 Å². The summed E-state index contributed by atoms with van der Waals surface area (Å²) >= 11 is 0. The molecule has 2 heterocycles. The molecule has 2 saturated heterocycles. The minimum Gasteiger partial charge on any atom is -0.508 e. The van der Waals surface area contributed by atoms with E-state index >= 15 is 0 Å². The molecule has 1 atom stereocenters. The van der Waals surface area contributed by atoms with Crippen molar-refractivity contribution in [2.75, 3.05) is 18.0 Å². The van der Waals surface area contributed by atoms with Gasteiger partial charge in [0.1, 0.15) is 5.75 Å². The summed E-state index contributed by atoms with van der Waals surface area (Å²) in [5.41, 5.74) is 1.89. The van der Waals surface area contributed by atoms with Crippen molar-refractivity contribution in [2.45, 2.75) is 31.7 Å². The zero-order valence-corrected chi connectivity index (χ0v) is 15.3. The maximum Gasteiger partial charge on any atom is 0.251 e. The number of likely N-dealkylation sites (tertiary alicyclic amines) is 1. The zero-order valence-electron chi connectivity index (χ0n) is 15.3. The van der Waals surface area contributed by atoms with Gasteiger partial charge in [-0.1, -0.05) is 30.3 Å². The summed E-state index contributed by atoms with van der Waals surface area (Å²) < 4.78 is 0. The average Bonchev–Trinajstić information content (AvgIpc) is 2.98. The first-order chi connectivity index (χ1) is 13.1. The van der Waals surface area contributed by atoms with E-state index < -0.39 is 0 Å². The van der Waals surface area contributed by atoms with Crippen LogP contribution < -0.4 is 4.90 Å². The molecule has 0 aliphatic carbocycles. The third kappa shape index (κ3) is 3.74. The Morgan fingerprint density at radius 3 is 2.26 bits per heavy atom. The van der Waals surface area contributed by atoms with E-state index in [-0.39, 0.29) is 30.0 Å². The summed E-state index contributed by atoms with van der Waals surface area (Å²) in [7, 11) is 0. The van der Waals surface area contributed by atoms with E-state index in [0.717, 1.165) is 32.4 Å². The molecule has 2 aromatic carbocycles. The van der Waals surface area contributed by atoms with E-state index in [0.29, 0.717) is 11.6 Å². The maximum absolute atomic E-state index is 12.9. The summed E-state index contributed by atoms with van der Waals surface area (Å²) in [6.45, 7) is 1.70. The number of carbonyl (C=O) groups excluding carboxylic acids is 2. The first kappa shape index (κ1) is 17.7. The van der Waals surface area contributed by atoms with Crippen molar-refractivity contribution in [2.24, 2.45) is 5.92 Å². The summed E-state index contributed by atoms with van der Waals surface area (Å²) in [4.78, 5) is 28.8. The third-order valence-electron chi connectivity index (χ3n) is 5.69. The Hall–Kier alpha value is -2.66. The standard InChI is InChI=1S/C22H24N2O3/c25-19-8-6-18(7-9-19)24-21(26)15-20(22(24)27)23-12-10-17(11-13-23)14-16-4-2-1-3-5-16/h1-9,17,20,25H,10-15H2. The second-order valence-electron chi connectivity index (χ2n) is 7.47. The van der Waals surface area contributed by atoms with Gasteiger partial charge in [0.2, 0.25) is 5.91 Å². The summed E-state index contributed by atoms with van der Waals surface area (Å²) in [5.74, 6) is 0.438. The van der Waals surface area contributed by atoms with Crippen molar-refractivity contribution in [1.82, 2.24) is 4.90 Å². The molecule has 27 heavy (non-hydrogen) atoms. The fourth-order valence-electron chi connectivity index (χ4n) is 4.19. The Kier molecular flexibility index (Phi) is 4.94. The maximum atomic E-state index is 12.9. The molecule has 2 aliphatic rings. The Morgan fingerprint density at radius 2 is 1.59 bits per heavy atom. The lowest BCUT2D eigenvalue weighted by molar-refractivity contribution is -0.123. The third-order valence-corrected chi connectivity index (χ3v) is 5.69. The van der Waals surface area contributed by atoms with Gasteiger partial charge in [-0.15, -0.1) is 0 Å². The van der Waals surface area contributed by atoms with E-state index in [4.69, 9.17) is 0 Å². The van der Waals surface area contributed by atoms with Gasteiger partial charge in [0.15, 0.2) is 0 Å². The van der Waals surface area contributed by atoms with Crippen LogP contribution in [-0.2, 0) is 16.0 Å². The van der Waals surface area contributed by atoms with E-state index in [2.05, 4.69) is 29.2 Å². The Balaban J connectivity index is 1.38. The molecule has 5 heteroatoms. The van der Waals surface area contributed by atoms with Crippen LogP contribution in [0.3, 0.4) is 0 Å². The number of benzene rings is 2. The highest BCUT2D eigenvalue weighted by molar-refractivity contribution is 6.22. The lowest BCUT2D eigenvalue weighted by Gasteiger charge is -2.34. The molecular formula is C22H24N2O3. The number of nitrogens with zero attached hydrogens (tertiary/aromatic N) is 2. The molecule has 0 spiro atoms. The van der Waals surface area contributed by atoms with Crippen LogP contribution in [0.4, 0.5) is 5.69 Å². The topological polar surface area (TPSA) is 60.9 Å². The number of rotatable bonds is 4. The van der Waals surface area contributed by atoms with Crippen LogP contribution in [0.5, 0.6) is 5.75 Å². The predicted octanol–water partition coefficient (Wildman–Crippen LogP) is 2.98. The van der Waals surface area contributed by atoms with Crippen LogP contribution in [-0.4, -0.2) is 41.0 Å². The summed E-state index contributed by atoms with van der Waals surface area (Å²) in [5, 5.41) is 9.42. The van der Waals surface area contributed by atoms with Crippen LogP contribution in [0.25, 0.3) is 0 Å². The van der Waals surface area contributed by atoms with E-state index in [1.54, 1.807) is 12.1 Å². The van der Waals surface area contributed by atoms with Crippen molar-refractivity contribution in [3.05, 3.63) is 60.2 Å². The second-order valence-corrected chi connectivity index (χ2v) is 7.47. The molecule has 1 unspecified atom stereocenters. The molecule has 2 amide bonds. The van der Waals surface area contributed by atoms with Gasteiger partial charge in [-0.3, -0.25) is 14.5 Å². The number of aromatic hydroxyl groups is 1. The molecular weight excluding hydrogens is 340 g/mol. The normalized spacial score (nSPS) is 21.8. The Bertz CT molecular complexity index is 811. The minimum atomic E-state index is -0.357. The lowest BCUT2D eigenvalue weighted by Crippen LogP contribution is -2.46. The van der Waals surface area contributed by atoms with Gasteiger partial charge in [-0.25, -0.2) is 4.90 Å². The largest absolute Gasteiger partial charge is 0.508 e. The van der Waals surface area contributed by atoms with Gasteiger partial charge < -0.3 is 5.11 Å². The SMILES string of the molecule is O=C1CC(N2CCC(Cc3ccccc3)CC2)C(=O)N1c1ccc(O)cc1. The van der Waals surface area contributed by atoms with Gasteiger partial charge in [-0.05, 0) is 68.1 Å². The average molecular weight is 364 g/mol. The first-order valence-corrected chi connectivity index (χ1v) is 9.55. The van der Waals surface area contributed by atoms with Gasteiger partial charge in [-0.2, -0.15) is 0 Å². The van der Waals surface area contributed by atoms with Gasteiger partial charge >= 0.3 is 0 Å². The molecule has 2 aliphatic heterocycles. The van der Waals surface area contributed by atoms with Gasteiger partial charge in [0.25, 0.3) is 5.91 Å². The van der Waals surface area contributed by atoms with E-state index in [1.165, 1.54) is 22.6 Å². The molecule has 4 rings (SSSR count). The van der Waals surface area contributed by atoms with Crippen LogP contribution in [0.2, 0.25) is 0 Å². The lowest BCUT2D eigenvalue weighted by atomic mass is 9.89. The highest BCUT2D eigenvalue weighted by atomic mass is 16.3. The van der Waals surface area contributed by atoms with Crippen molar-refractivity contribution < 1.29 is 14.7 Å². The quantitative estimate of drug-likeness (QED) is 0.848. The van der Waals surface area contributed by atoms with Gasteiger partial charge in [0, 0.05) is 0 Å². The molecule has 0 radical (unpaired) electrons. The molecule has 0 bridgehead atoms. The fourth-order valence-corrected chi connectivity index (χ4v) is 4.19. The molecule has 2 aromatic rings. The molecule has 0 aromatic heterocycles. The van der Waals surface area contributed by atoms with Crippen LogP contribution in [0.1, 0.15) is 24.8 Å². The number of phenols is 1. The number of anilines is 1. The molecule has 0 saturated carbocycles. The number of amides is 2. The predicted molar refractivity (Wildman–Crippen MR) is 103 cm³/mol. The minimum absolute atomic E-state index is 0.120. The summed E-state index contributed by atoms with van der Waals surface area (Å²) in [6, 6.07) is 16.4. The highest BCUT2D eigenvalue weighted by Crippen LogP contribution is 2.30. The molecule has 1 N–H and O–H groups in total. The second kappa shape index (κ2) is 7.53. The zero-order chi connectivity index (χ0) is 18.8. The van der Waals surface area contributed by atoms with Crippen molar-refractivity contribution in [3.63, 3.8) is 0 Å². The summed E-state index contributed by atoms with van der Waals surface area (Å²) in [6.07, 6.45) is 3.41. The number of hydrogen-bond acceptors (Lipinski definition) is 4. The molecule has 140 valence electrons. The van der Waals surface area contributed by atoms with Crippen LogP contribution in [0.15, 0.2) is 54.6 Å². The number of piperidine rings is 1. The van der Waals surface area contributed by atoms with Crippen molar-refractivity contribution in [1.29, 1.82) is 0 Å². The van der Waals surface area contributed by atoms with Crippen molar-refractivity contribution in [3.8, 4) is 5.75 Å². The number of imide groups is 1. The molecule has 5 nitrogen and oxygen atoms in total. The van der Waals surface area contributed by atoms with E-state index in [9.17, 15) is 14.7 Å². The smallest absolute Gasteiger partial charge is 0.251 e.